The van der Waals surface area contributed by atoms with Crippen molar-refractivity contribution >= 4 is 27.8 Å². The van der Waals surface area contributed by atoms with Gasteiger partial charge < -0.3 is 14.4 Å². The highest BCUT2D eigenvalue weighted by Crippen LogP contribution is 2.24. The summed E-state index contributed by atoms with van der Waals surface area (Å²) in [5, 5.41) is 8.28. The van der Waals surface area contributed by atoms with Gasteiger partial charge in [-0.2, -0.15) is 15.0 Å². The van der Waals surface area contributed by atoms with E-state index in [-0.39, 0.29) is 12.0 Å². The monoisotopic (exact) mass is 545 g/mol. The van der Waals surface area contributed by atoms with Crippen LogP contribution >= 0.6 is 15.9 Å². The Balaban J connectivity index is 0.00000103. The van der Waals surface area contributed by atoms with E-state index in [1.807, 2.05) is 45.9 Å². The average Bonchev–Trinajstić information content (AvgIpc) is 3.46. The largest absolute Gasteiger partial charge is 0.472 e. The zero-order valence-electron chi connectivity index (χ0n) is 20.8. The molecule has 35 heavy (non-hydrogen) atoms. The molecule has 0 unspecified atom stereocenters. The van der Waals surface area contributed by atoms with E-state index in [0.717, 1.165) is 12.8 Å². The van der Waals surface area contributed by atoms with Crippen LogP contribution in [0.5, 0.6) is 5.88 Å². The summed E-state index contributed by atoms with van der Waals surface area (Å²) >= 11 is 3.29. The number of esters is 1. The zero-order chi connectivity index (χ0) is 25.8. The summed E-state index contributed by atoms with van der Waals surface area (Å²) in [6.45, 7) is 9.03. The lowest BCUT2D eigenvalue weighted by atomic mass is 10.1. The Morgan fingerprint density at radius 3 is 2.43 bits per heavy atom. The number of piperidine rings is 1. The van der Waals surface area contributed by atoms with Crippen molar-refractivity contribution in [2.45, 2.75) is 46.6 Å². The molecule has 0 bridgehead atoms. The number of likely N-dealkylation sites (tertiary alicyclic amines) is 1. The van der Waals surface area contributed by atoms with Crippen molar-refractivity contribution in [3.8, 4) is 11.6 Å². The highest BCUT2D eigenvalue weighted by Gasteiger charge is 2.28. The second kappa shape index (κ2) is 14.2. The van der Waals surface area contributed by atoms with E-state index < -0.39 is 5.97 Å². The minimum Gasteiger partial charge on any atom is -0.472 e. The fourth-order valence-electron chi connectivity index (χ4n) is 3.48. The van der Waals surface area contributed by atoms with Crippen molar-refractivity contribution in [3.63, 3.8) is 0 Å². The third kappa shape index (κ3) is 7.11. The van der Waals surface area contributed by atoms with Crippen molar-refractivity contribution in [2.75, 3.05) is 20.2 Å². The predicted octanol–water partition coefficient (Wildman–Crippen LogP) is 4.95. The highest BCUT2D eigenvalue weighted by atomic mass is 79.9. The van der Waals surface area contributed by atoms with E-state index in [4.69, 9.17) is 9.47 Å². The molecule has 1 aromatic carbocycles. The number of aromatic nitrogens is 4. The quantitative estimate of drug-likeness (QED) is 0.418. The van der Waals surface area contributed by atoms with Crippen molar-refractivity contribution in [1.82, 2.24) is 24.9 Å². The molecule has 2 aromatic heterocycles. The van der Waals surface area contributed by atoms with Crippen molar-refractivity contribution in [3.05, 3.63) is 64.5 Å². The molecule has 1 fully saturated rings. The Bertz CT molecular complexity index is 1090. The maximum Gasteiger partial charge on any atom is 0.339 e. The molecule has 1 saturated heterocycles. The predicted molar refractivity (Wildman–Crippen MR) is 137 cm³/mol. The Kier molecular flexibility index (Phi) is 11.4. The minimum absolute atomic E-state index is 0.111. The number of hydrogen-bond acceptors (Lipinski definition) is 7. The molecule has 188 valence electrons. The lowest BCUT2D eigenvalue weighted by Gasteiger charge is -2.33. The van der Waals surface area contributed by atoms with Crippen LogP contribution in [0, 0.1) is 0 Å². The van der Waals surface area contributed by atoms with E-state index in [2.05, 4.69) is 31.1 Å². The van der Waals surface area contributed by atoms with E-state index in [1.165, 1.54) is 24.2 Å². The zero-order valence-corrected chi connectivity index (χ0v) is 22.4. The van der Waals surface area contributed by atoms with Gasteiger partial charge in [-0.05, 0) is 40.9 Å². The van der Waals surface area contributed by atoms with Crippen molar-refractivity contribution in [1.29, 1.82) is 0 Å². The van der Waals surface area contributed by atoms with E-state index in [9.17, 15) is 9.59 Å². The molecule has 3 aromatic rings. The molecule has 3 heterocycles. The van der Waals surface area contributed by atoms with Crippen LogP contribution in [0.2, 0.25) is 0 Å². The van der Waals surface area contributed by atoms with E-state index in [0.29, 0.717) is 40.3 Å². The molecule has 1 amide bonds. The van der Waals surface area contributed by atoms with Gasteiger partial charge in [-0.15, -0.1) is 0 Å². The van der Waals surface area contributed by atoms with Gasteiger partial charge in [0.15, 0.2) is 0 Å². The summed E-state index contributed by atoms with van der Waals surface area (Å²) in [5.41, 5.74) is 1.48. The van der Waals surface area contributed by atoms with Gasteiger partial charge in [0, 0.05) is 18.8 Å². The number of hydrogen-bond donors (Lipinski definition) is 0. The van der Waals surface area contributed by atoms with Crippen molar-refractivity contribution < 1.29 is 19.1 Å². The highest BCUT2D eigenvalue weighted by molar-refractivity contribution is 9.10. The number of methoxy groups -OCH3 is 1. The van der Waals surface area contributed by atoms with Crippen LogP contribution < -0.4 is 4.74 Å². The standard InChI is InChI=1S/C21H20BrN5O4.2C2H6/c1-30-21(29)16-11-19(23-12-17(16)22)31-14-5-4-10-26(13-14)20(28)15-6-2-3-7-18(15)27-24-8-9-25-27;2*1-2/h2-3,6-9,11-12,14H,4-5,10,13H2,1H3;2*1-2H3/t14-;;/m1../s1. The third-order valence-corrected chi connectivity index (χ3v) is 5.59. The first-order valence-electron chi connectivity index (χ1n) is 11.7. The summed E-state index contributed by atoms with van der Waals surface area (Å²) in [7, 11) is 1.32. The summed E-state index contributed by atoms with van der Waals surface area (Å²) in [5.74, 6) is -0.285. The van der Waals surface area contributed by atoms with Gasteiger partial charge in [0.05, 0.1) is 47.3 Å². The van der Waals surface area contributed by atoms with Gasteiger partial charge in [-0.1, -0.05) is 39.8 Å². The van der Waals surface area contributed by atoms with E-state index >= 15 is 0 Å². The minimum atomic E-state index is -0.483. The summed E-state index contributed by atoms with van der Waals surface area (Å²) in [4.78, 5) is 32.6. The molecule has 0 spiro atoms. The molecular weight excluding hydrogens is 514 g/mol. The molecule has 10 heteroatoms. The van der Waals surface area contributed by atoms with Crippen LogP contribution in [0.1, 0.15) is 61.3 Å². The topological polar surface area (TPSA) is 99.4 Å². The van der Waals surface area contributed by atoms with Gasteiger partial charge in [0.2, 0.25) is 5.88 Å². The maximum absolute atomic E-state index is 13.3. The number of amides is 1. The fourth-order valence-corrected chi connectivity index (χ4v) is 3.86. The fraction of sp³-hybridized carbons (Fsp3) is 0.400. The molecule has 4 rings (SSSR count). The first kappa shape index (κ1) is 28.0. The molecule has 1 aliphatic rings. The number of halogens is 1. The van der Waals surface area contributed by atoms with Gasteiger partial charge >= 0.3 is 5.97 Å². The number of carbonyl (C=O) groups excluding carboxylic acids is 2. The van der Waals surface area contributed by atoms with Gasteiger partial charge in [0.1, 0.15) is 6.10 Å². The molecule has 1 atom stereocenters. The number of para-hydroxylation sites is 1. The molecule has 0 saturated carbocycles. The smallest absolute Gasteiger partial charge is 0.339 e. The lowest BCUT2D eigenvalue weighted by molar-refractivity contribution is 0.0526. The van der Waals surface area contributed by atoms with E-state index in [1.54, 1.807) is 23.4 Å². The summed E-state index contributed by atoms with van der Waals surface area (Å²) < 4.78 is 11.3. The Labute approximate surface area is 214 Å². The molecule has 1 aliphatic heterocycles. The van der Waals surface area contributed by atoms with Crippen LogP contribution in [0.15, 0.2) is 53.4 Å². The van der Waals surface area contributed by atoms with Crippen LogP contribution in [-0.4, -0.2) is 63.1 Å². The number of rotatable bonds is 5. The molecule has 9 nitrogen and oxygen atoms in total. The SMILES string of the molecule is CC.CC.COC(=O)c1cc(O[C@@H]2CCCN(C(=O)c3ccccc3-n3nccn3)C2)ncc1Br. The Morgan fingerprint density at radius 1 is 1.06 bits per heavy atom. The number of nitrogens with zero attached hydrogens (tertiary/aromatic N) is 5. The average molecular weight is 546 g/mol. The Morgan fingerprint density at radius 2 is 1.74 bits per heavy atom. The van der Waals surface area contributed by atoms with Crippen LogP contribution in [0.25, 0.3) is 5.69 Å². The third-order valence-electron chi connectivity index (χ3n) is 4.96. The molecular formula is C25H32BrN5O4. The summed E-state index contributed by atoms with van der Waals surface area (Å²) in [6, 6.07) is 8.78. The van der Waals surface area contributed by atoms with Crippen molar-refractivity contribution in [2.24, 2.45) is 0 Å². The maximum atomic E-state index is 13.3. The van der Waals surface area contributed by atoms with Crippen LogP contribution in [-0.2, 0) is 4.74 Å². The molecule has 0 aliphatic carbocycles. The number of carbonyl (C=O) groups is 2. The van der Waals surface area contributed by atoms with Gasteiger partial charge in [0.25, 0.3) is 5.91 Å². The number of pyridine rings is 1. The normalized spacial score (nSPS) is 14.6. The van der Waals surface area contributed by atoms with Crippen LogP contribution in [0.4, 0.5) is 0 Å². The molecule has 0 N–H and O–H groups in total. The van der Waals surface area contributed by atoms with Crippen LogP contribution in [0.3, 0.4) is 0 Å². The number of ether oxygens (including phenoxy) is 2. The first-order chi connectivity index (χ1) is 17.1. The van der Waals surface area contributed by atoms with Gasteiger partial charge in [-0.3, -0.25) is 4.79 Å². The van der Waals surface area contributed by atoms with Gasteiger partial charge in [-0.25, -0.2) is 9.78 Å². The second-order valence-corrected chi connectivity index (χ2v) is 7.82. The number of benzene rings is 1. The first-order valence-corrected chi connectivity index (χ1v) is 12.5. The summed E-state index contributed by atoms with van der Waals surface area (Å²) in [6.07, 6.45) is 5.96. The molecule has 0 radical (unpaired) electrons. The lowest BCUT2D eigenvalue weighted by Crippen LogP contribution is -2.44. The Hall–Kier alpha value is -3.27. The second-order valence-electron chi connectivity index (χ2n) is 6.96.